The molecule has 1 heterocycles. The van der Waals surface area contributed by atoms with E-state index in [4.69, 9.17) is 9.47 Å². The highest BCUT2D eigenvalue weighted by molar-refractivity contribution is 7.92. The summed E-state index contributed by atoms with van der Waals surface area (Å²) in [5.74, 6) is 1.03. The van der Waals surface area contributed by atoms with Gasteiger partial charge in [-0.3, -0.25) is 9.10 Å². The number of sulfonamides is 1. The molecule has 138 valence electrons. The zero-order chi connectivity index (χ0) is 18.7. The van der Waals surface area contributed by atoms with Gasteiger partial charge in [-0.2, -0.15) is 0 Å². The Labute approximate surface area is 152 Å². The van der Waals surface area contributed by atoms with Crippen LogP contribution in [0, 0.1) is 0 Å². The van der Waals surface area contributed by atoms with Crippen LogP contribution in [0.15, 0.2) is 48.5 Å². The third-order valence-electron chi connectivity index (χ3n) is 4.03. The molecule has 0 saturated heterocycles. The number of carbonyl (C=O) groups excluding carboxylic acids is 1. The van der Waals surface area contributed by atoms with Gasteiger partial charge >= 0.3 is 0 Å². The van der Waals surface area contributed by atoms with E-state index in [2.05, 4.69) is 5.32 Å². The van der Waals surface area contributed by atoms with Gasteiger partial charge in [-0.1, -0.05) is 18.2 Å². The highest BCUT2D eigenvalue weighted by Crippen LogP contribution is 2.30. The quantitative estimate of drug-likeness (QED) is 0.858. The Morgan fingerprint density at radius 2 is 1.92 bits per heavy atom. The predicted molar refractivity (Wildman–Crippen MR) is 98.4 cm³/mol. The van der Waals surface area contributed by atoms with E-state index < -0.39 is 10.0 Å². The summed E-state index contributed by atoms with van der Waals surface area (Å²) in [5, 5.41) is 2.79. The van der Waals surface area contributed by atoms with Crippen molar-refractivity contribution in [2.24, 2.45) is 0 Å². The highest BCUT2D eigenvalue weighted by Gasteiger charge is 2.21. The van der Waals surface area contributed by atoms with Gasteiger partial charge in [0.1, 0.15) is 12.7 Å². The zero-order valence-electron chi connectivity index (χ0n) is 14.5. The fourth-order valence-electron chi connectivity index (χ4n) is 2.51. The maximum absolute atomic E-state index is 12.4. The number of anilines is 1. The van der Waals surface area contributed by atoms with Crippen LogP contribution in [-0.4, -0.2) is 46.9 Å². The number of benzene rings is 2. The van der Waals surface area contributed by atoms with Crippen molar-refractivity contribution in [3.63, 3.8) is 0 Å². The molecule has 26 heavy (non-hydrogen) atoms. The summed E-state index contributed by atoms with van der Waals surface area (Å²) in [4.78, 5) is 12.4. The Balaban J connectivity index is 1.63. The first-order valence-electron chi connectivity index (χ1n) is 8.05. The molecule has 7 nitrogen and oxygen atoms in total. The summed E-state index contributed by atoms with van der Waals surface area (Å²) in [6.45, 7) is 0.619. The van der Waals surface area contributed by atoms with Crippen LogP contribution in [0.1, 0.15) is 10.4 Å². The van der Waals surface area contributed by atoms with E-state index in [1.54, 1.807) is 18.2 Å². The minimum Gasteiger partial charge on any atom is -0.486 e. The Kier molecular flexibility index (Phi) is 5.03. The first kappa shape index (κ1) is 18.1. The van der Waals surface area contributed by atoms with Gasteiger partial charge in [0.2, 0.25) is 10.0 Å². The fourth-order valence-corrected chi connectivity index (χ4v) is 3.00. The number of hydrogen-bond acceptors (Lipinski definition) is 5. The zero-order valence-corrected chi connectivity index (χ0v) is 15.3. The van der Waals surface area contributed by atoms with Crippen molar-refractivity contribution >= 4 is 21.6 Å². The fraction of sp³-hybridized carbons (Fsp3) is 0.278. The summed E-state index contributed by atoms with van der Waals surface area (Å²) in [6.07, 6.45) is 0.814. The number of rotatable bonds is 5. The maximum Gasteiger partial charge on any atom is 0.251 e. The van der Waals surface area contributed by atoms with E-state index >= 15 is 0 Å². The molecule has 1 aliphatic heterocycles. The minimum atomic E-state index is -3.39. The third kappa shape index (κ3) is 4.08. The topological polar surface area (TPSA) is 84.9 Å². The van der Waals surface area contributed by atoms with Crippen LogP contribution in [0.2, 0.25) is 0 Å². The highest BCUT2D eigenvalue weighted by atomic mass is 32.2. The number of nitrogens with zero attached hydrogens (tertiary/aromatic N) is 1. The molecule has 1 N–H and O–H groups in total. The van der Waals surface area contributed by atoms with Crippen LogP contribution in [0.4, 0.5) is 5.69 Å². The first-order chi connectivity index (χ1) is 12.3. The van der Waals surface area contributed by atoms with Crippen LogP contribution in [0.3, 0.4) is 0 Å². The van der Waals surface area contributed by atoms with Crippen LogP contribution >= 0.6 is 0 Å². The molecule has 0 fully saturated rings. The summed E-state index contributed by atoms with van der Waals surface area (Å²) >= 11 is 0. The lowest BCUT2D eigenvalue weighted by atomic mass is 10.2. The average Bonchev–Trinajstić information content (AvgIpc) is 2.64. The normalized spacial score (nSPS) is 16.0. The molecule has 8 heteroatoms. The van der Waals surface area contributed by atoms with Crippen molar-refractivity contribution in [3.05, 3.63) is 54.1 Å². The van der Waals surface area contributed by atoms with E-state index in [1.165, 1.54) is 13.1 Å². The van der Waals surface area contributed by atoms with Crippen LogP contribution in [0.25, 0.3) is 0 Å². The summed E-state index contributed by atoms with van der Waals surface area (Å²) in [5.41, 5.74) is 0.793. The molecule has 2 aromatic rings. The van der Waals surface area contributed by atoms with Crippen molar-refractivity contribution in [1.29, 1.82) is 0 Å². The van der Waals surface area contributed by atoms with Crippen LogP contribution in [-0.2, 0) is 10.0 Å². The van der Waals surface area contributed by atoms with Gasteiger partial charge in [-0.15, -0.1) is 0 Å². The second-order valence-corrected chi connectivity index (χ2v) is 8.00. The molecule has 0 unspecified atom stereocenters. The van der Waals surface area contributed by atoms with Gasteiger partial charge in [0.05, 0.1) is 18.5 Å². The Morgan fingerprint density at radius 1 is 1.19 bits per heavy atom. The van der Waals surface area contributed by atoms with Gasteiger partial charge in [0.15, 0.2) is 11.5 Å². The molecule has 3 rings (SSSR count). The number of fused-ring (bicyclic) bond motifs is 1. The van der Waals surface area contributed by atoms with Crippen molar-refractivity contribution in [2.45, 2.75) is 6.10 Å². The lowest BCUT2D eigenvalue weighted by Crippen LogP contribution is -2.40. The molecular weight excluding hydrogens is 356 g/mol. The molecule has 2 aromatic carbocycles. The molecular formula is C18H20N2O5S. The number of amides is 1. The molecule has 1 aliphatic rings. The van der Waals surface area contributed by atoms with Crippen LogP contribution in [0.5, 0.6) is 11.5 Å². The van der Waals surface area contributed by atoms with Gasteiger partial charge < -0.3 is 14.8 Å². The molecule has 0 aromatic heterocycles. The van der Waals surface area contributed by atoms with E-state index in [1.807, 2.05) is 24.3 Å². The number of hydrogen-bond donors (Lipinski definition) is 1. The van der Waals surface area contributed by atoms with Crippen molar-refractivity contribution in [2.75, 3.05) is 30.8 Å². The number of ether oxygens (including phenoxy) is 2. The molecule has 1 amide bonds. The summed E-state index contributed by atoms with van der Waals surface area (Å²) in [7, 11) is -1.95. The second kappa shape index (κ2) is 7.25. The maximum atomic E-state index is 12.4. The molecule has 0 spiro atoms. The monoisotopic (exact) mass is 376 g/mol. The SMILES string of the molecule is CN(c1cccc(C(=O)NC[C@H]2COc3ccccc3O2)c1)S(C)(=O)=O. The second-order valence-electron chi connectivity index (χ2n) is 5.99. The molecule has 0 aliphatic carbocycles. The van der Waals surface area contributed by atoms with Crippen molar-refractivity contribution < 1.29 is 22.7 Å². The standard InChI is InChI=1S/C18H20N2O5S/c1-20(26(2,22)23)14-7-5-6-13(10-14)18(21)19-11-15-12-24-16-8-3-4-9-17(16)25-15/h3-10,15H,11-12H2,1-2H3,(H,19,21)/t15-/m0/s1. The van der Waals surface area contributed by atoms with Gasteiger partial charge in [0, 0.05) is 12.6 Å². The van der Waals surface area contributed by atoms with Gasteiger partial charge in [-0.05, 0) is 30.3 Å². The summed E-state index contributed by atoms with van der Waals surface area (Å²) < 4.78 is 35.8. The molecule has 1 atom stereocenters. The predicted octanol–water partition coefficient (Wildman–Crippen LogP) is 1.65. The largest absolute Gasteiger partial charge is 0.486 e. The lowest BCUT2D eigenvalue weighted by Gasteiger charge is -2.26. The Morgan fingerprint density at radius 3 is 2.65 bits per heavy atom. The smallest absolute Gasteiger partial charge is 0.251 e. The number of para-hydroxylation sites is 2. The molecule has 0 saturated carbocycles. The number of nitrogens with one attached hydrogen (secondary N) is 1. The summed E-state index contributed by atoms with van der Waals surface area (Å²) in [6, 6.07) is 13.8. The Hall–Kier alpha value is -2.74. The van der Waals surface area contributed by atoms with E-state index in [-0.39, 0.29) is 18.6 Å². The van der Waals surface area contributed by atoms with Crippen molar-refractivity contribution in [1.82, 2.24) is 5.32 Å². The average molecular weight is 376 g/mol. The lowest BCUT2D eigenvalue weighted by molar-refractivity contribution is 0.0789. The van der Waals surface area contributed by atoms with E-state index in [0.717, 1.165) is 10.6 Å². The molecule has 0 radical (unpaired) electrons. The minimum absolute atomic E-state index is 0.277. The van der Waals surface area contributed by atoms with Crippen molar-refractivity contribution in [3.8, 4) is 11.5 Å². The van der Waals surface area contributed by atoms with Crippen LogP contribution < -0.4 is 19.1 Å². The van der Waals surface area contributed by atoms with Gasteiger partial charge in [-0.25, -0.2) is 8.42 Å². The Bertz CT molecular complexity index is 913. The van der Waals surface area contributed by atoms with E-state index in [9.17, 15) is 13.2 Å². The third-order valence-corrected chi connectivity index (χ3v) is 5.23. The molecule has 0 bridgehead atoms. The number of carbonyl (C=O) groups is 1. The van der Waals surface area contributed by atoms with E-state index in [0.29, 0.717) is 29.4 Å². The first-order valence-corrected chi connectivity index (χ1v) is 9.90. The van der Waals surface area contributed by atoms with Gasteiger partial charge in [0.25, 0.3) is 5.91 Å².